The van der Waals surface area contributed by atoms with Gasteiger partial charge in [-0.25, -0.2) is 8.42 Å². The van der Waals surface area contributed by atoms with Crippen molar-refractivity contribution in [2.45, 2.75) is 15.5 Å². The molecule has 1 aliphatic rings. The third-order valence-electron chi connectivity index (χ3n) is 2.73. The molecule has 0 fully saturated rings. The maximum atomic E-state index is 10.7. The summed E-state index contributed by atoms with van der Waals surface area (Å²) < 4.78 is 21.5. The van der Waals surface area contributed by atoms with Crippen molar-refractivity contribution in [2.24, 2.45) is 0 Å². The van der Waals surface area contributed by atoms with E-state index in [-0.39, 0.29) is 5.75 Å². The molecule has 0 aliphatic carbocycles. The van der Waals surface area contributed by atoms with Crippen LogP contribution in [0.25, 0.3) is 0 Å². The van der Waals surface area contributed by atoms with Crippen molar-refractivity contribution >= 4 is 33.8 Å². The SMILES string of the molecule is O=[SH](=O)Cc1ccc2c(c1)Nc1ccccc1S2. The Morgan fingerprint density at radius 3 is 2.61 bits per heavy atom. The van der Waals surface area contributed by atoms with E-state index in [1.165, 1.54) is 4.90 Å². The molecule has 1 N–H and O–H groups in total. The summed E-state index contributed by atoms with van der Waals surface area (Å²) in [6, 6.07) is 13.8. The first-order valence-electron chi connectivity index (χ1n) is 5.51. The third kappa shape index (κ3) is 2.23. The molecule has 1 aliphatic heterocycles. The van der Waals surface area contributed by atoms with Crippen LogP contribution in [0.2, 0.25) is 0 Å². The van der Waals surface area contributed by atoms with Crippen molar-refractivity contribution in [3.05, 3.63) is 48.0 Å². The van der Waals surface area contributed by atoms with Gasteiger partial charge in [0.15, 0.2) is 0 Å². The van der Waals surface area contributed by atoms with E-state index >= 15 is 0 Å². The summed E-state index contributed by atoms with van der Waals surface area (Å²) >= 11 is 1.70. The average molecular weight is 277 g/mol. The molecule has 18 heavy (non-hydrogen) atoms. The molecule has 0 bridgehead atoms. The van der Waals surface area contributed by atoms with Gasteiger partial charge in [-0.05, 0) is 29.8 Å². The van der Waals surface area contributed by atoms with Crippen LogP contribution in [0, 0.1) is 0 Å². The topological polar surface area (TPSA) is 46.2 Å². The van der Waals surface area contributed by atoms with E-state index in [2.05, 4.69) is 11.4 Å². The minimum Gasteiger partial charge on any atom is -0.354 e. The van der Waals surface area contributed by atoms with E-state index in [1.54, 1.807) is 11.8 Å². The second-order valence-electron chi connectivity index (χ2n) is 4.04. The number of benzene rings is 2. The van der Waals surface area contributed by atoms with Crippen molar-refractivity contribution in [1.29, 1.82) is 0 Å². The van der Waals surface area contributed by atoms with Crippen molar-refractivity contribution in [3.8, 4) is 0 Å². The molecule has 0 unspecified atom stereocenters. The van der Waals surface area contributed by atoms with Crippen molar-refractivity contribution in [1.82, 2.24) is 0 Å². The average Bonchev–Trinajstić information content (AvgIpc) is 2.35. The summed E-state index contributed by atoms with van der Waals surface area (Å²) in [5.74, 6) is 0.0939. The molecule has 0 spiro atoms. The minimum atomic E-state index is -2.38. The van der Waals surface area contributed by atoms with Gasteiger partial charge in [0, 0.05) is 9.79 Å². The quantitative estimate of drug-likeness (QED) is 0.707. The van der Waals surface area contributed by atoms with Crippen molar-refractivity contribution < 1.29 is 8.42 Å². The fraction of sp³-hybridized carbons (Fsp3) is 0.0769. The highest BCUT2D eigenvalue weighted by Crippen LogP contribution is 2.44. The van der Waals surface area contributed by atoms with Crippen LogP contribution in [-0.2, 0) is 16.5 Å². The van der Waals surface area contributed by atoms with E-state index in [0.29, 0.717) is 0 Å². The molecule has 3 rings (SSSR count). The Morgan fingerprint density at radius 2 is 1.78 bits per heavy atom. The number of rotatable bonds is 2. The highest BCUT2D eigenvalue weighted by molar-refractivity contribution is 7.99. The number of para-hydroxylation sites is 1. The van der Waals surface area contributed by atoms with E-state index in [9.17, 15) is 8.42 Å². The van der Waals surface area contributed by atoms with Crippen LogP contribution >= 0.6 is 11.8 Å². The number of anilines is 2. The molecule has 92 valence electrons. The standard InChI is InChI=1S/C13H11NO2S2/c15-18(16)8-9-5-6-13-11(7-9)14-10-3-1-2-4-12(10)17-13/h1-7,14,18H,8H2. The third-order valence-corrected chi connectivity index (χ3v) is 4.51. The smallest absolute Gasteiger partial charge is 0.144 e. The van der Waals surface area contributed by atoms with Gasteiger partial charge in [-0.2, -0.15) is 0 Å². The lowest BCUT2D eigenvalue weighted by atomic mass is 10.2. The Hall–Kier alpha value is -1.46. The van der Waals surface area contributed by atoms with Crippen LogP contribution in [0.1, 0.15) is 5.56 Å². The van der Waals surface area contributed by atoms with E-state index < -0.39 is 10.7 Å². The summed E-state index contributed by atoms with van der Waals surface area (Å²) in [6.07, 6.45) is 0. The van der Waals surface area contributed by atoms with Gasteiger partial charge >= 0.3 is 0 Å². The van der Waals surface area contributed by atoms with Crippen LogP contribution < -0.4 is 5.32 Å². The normalized spacial score (nSPS) is 12.7. The van der Waals surface area contributed by atoms with E-state index in [1.807, 2.05) is 36.4 Å². The molecule has 0 radical (unpaired) electrons. The molecule has 0 aromatic heterocycles. The lowest BCUT2D eigenvalue weighted by Crippen LogP contribution is -2.00. The van der Waals surface area contributed by atoms with Gasteiger partial charge in [-0.1, -0.05) is 30.0 Å². The second-order valence-corrected chi connectivity index (χ2v) is 6.11. The zero-order chi connectivity index (χ0) is 12.5. The van der Waals surface area contributed by atoms with Gasteiger partial charge in [0.1, 0.15) is 10.7 Å². The second kappa shape index (κ2) is 4.66. The molecule has 5 heteroatoms. The fourth-order valence-corrected chi connectivity index (χ4v) is 3.40. The highest BCUT2D eigenvalue weighted by Gasteiger charge is 2.15. The molecule has 2 aromatic rings. The Morgan fingerprint density at radius 1 is 1.00 bits per heavy atom. The molecular weight excluding hydrogens is 266 g/mol. The maximum Gasteiger partial charge on any atom is 0.144 e. The van der Waals surface area contributed by atoms with Gasteiger partial charge in [-0.15, -0.1) is 0 Å². The first-order chi connectivity index (χ1) is 8.72. The lowest BCUT2D eigenvalue weighted by Gasteiger charge is -2.21. The minimum absolute atomic E-state index is 0.0939. The summed E-state index contributed by atoms with van der Waals surface area (Å²) in [4.78, 5) is 2.31. The predicted molar refractivity (Wildman–Crippen MR) is 74.3 cm³/mol. The number of nitrogens with one attached hydrogen (secondary N) is 1. The number of hydrogen-bond donors (Lipinski definition) is 2. The Bertz CT molecular complexity index is 672. The van der Waals surface area contributed by atoms with E-state index in [0.717, 1.165) is 21.8 Å². The maximum absolute atomic E-state index is 10.7. The first-order valence-corrected chi connectivity index (χ1v) is 7.69. The Labute approximate surface area is 111 Å². The molecule has 0 saturated carbocycles. The highest BCUT2D eigenvalue weighted by atomic mass is 32.2. The Kier molecular flexibility index (Phi) is 3.01. The van der Waals surface area contributed by atoms with Crippen molar-refractivity contribution in [3.63, 3.8) is 0 Å². The number of fused-ring (bicyclic) bond motifs is 2. The zero-order valence-corrected chi connectivity index (χ0v) is 11.1. The zero-order valence-electron chi connectivity index (χ0n) is 9.42. The Balaban J connectivity index is 1.98. The van der Waals surface area contributed by atoms with Crippen LogP contribution in [-0.4, -0.2) is 8.42 Å². The van der Waals surface area contributed by atoms with Crippen LogP contribution in [0.15, 0.2) is 52.3 Å². The fourth-order valence-electron chi connectivity index (χ4n) is 1.93. The predicted octanol–water partition coefficient (Wildman–Crippen LogP) is 3.01. The summed E-state index contributed by atoms with van der Waals surface area (Å²) in [7, 11) is -2.38. The monoisotopic (exact) mass is 277 g/mol. The van der Waals surface area contributed by atoms with E-state index in [4.69, 9.17) is 0 Å². The summed E-state index contributed by atoms with van der Waals surface area (Å²) in [6.45, 7) is 0. The molecule has 0 amide bonds. The van der Waals surface area contributed by atoms with Crippen LogP contribution in [0.3, 0.4) is 0 Å². The van der Waals surface area contributed by atoms with Gasteiger partial charge < -0.3 is 5.32 Å². The molecule has 1 heterocycles. The van der Waals surface area contributed by atoms with Crippen LogP contribution in [0.4, 0.5) is 11.4 Å². The molecule has 0 atom stereocenters. The van der Waals surface area contributed by atoms with Gasteiger partial charge in [0.05, 0.1) is 17.1 Å². The first kappa shape index (κ1) is 11.6. The van der Waals surface area contributed by atoms with Gasteiger partial charge in [-0.3, -0.25) is 0 Å². The molecule has 3 nitrogen and oxygen atoms in total. The van der Waals surface area contributed by atoms with Crippen LogP contribution in [0.5, 0.6) is 0 Å². The number of thiol groups is 1. The van der Waals surface area contributed by atoms with Gasteiger partial charge in [0.2, 0.25) is 0 Å². The molecule has 2 aromatic carbocycles. The molecule has 0 saturated heterocycles. The summed E-state index contributed by atoms with van der Waals surface area (Å²) in [5.41, 5.74) is 2.86. The van der Waals surface area contributed by atoms with Gasteiger partial charge in [0.25, 0.3) is 0 Å². The van der Waals surface area contributed by atoms with Crippen molar-refractivity contribution in [2.75, 3.05) is 5.32 Å². The molecular formula is C13H11NO2S2. The summed E-state index contributed by atoms with van der Waals surface area (Å²) in [5, 5.41) is 3.34. The largest absolute Gasteiger partial charge is 0.354 e. The lowest BCUT2D eigenvalue weighted by molar-refractivity contribution is 0.614. The number of hydrogen-bond acceptors (Lipinski definition) is 4.